The van der Waals surface area contributed by atoms with Gasteiger partial charge >= 0.3 is 0 Å². The zero-order valence-corrected chi connectivity index (χ0v) is 20.1. The lowest BCUT2D eigenvalue weighted by Crippen LogP contribution is -2.25. The summed E-state index contributed by atoms with van der Waals surface area (Å²) in [5, 5.41) is 9.20. The summed E-state index contributed by atoms with van der Waals surface area (Å²) in [5.41, 5.74) is 0. The molecule has 0 rings (SSSR count). The van der Waals surface area contributed by atoms with E-state index < -0.39 is 6.10 Å². The predicted octanol–water partition coefficient (Wildman–Crippen LogP) is 6.68. The van der Waals surface area contributed by atoms with Gasteiger partial charge in [0, 0.05) is 6.61 Å². The maximum atomic E-state index is 9.20. The van der Waals surface area contributed by atoms with Crippen molar-refractivity contribution in [1.29, 1.82) is 0 Å². The molecule has 0 bridgehead atoms. The zero-order chi connectivity index (χ0) is 21.6. The van der Waals surface area contributed by atoms with Crippen molar-refractivity contribution in [2.45, 2.75) is 136 Å². The van der Waals surface area contributed by atoms with Gasteiger partial charge in [-0.1, -0.05) is 90.4 Å². The molecular weight excluding hydrogens is 364 g/mol. The molecule has 4 heteroatoms. The Bertz CT molecular complexity index is 309. The Morgan fingerprint density at radius 3 is 1.45 bits per heavy atom. The maximum absolute atomic E-state index is 9.20. The third kappa shape index (κ3) is 24.0. The van der Waals surface area contributed by atoms with E-state index in [1.165, 1.54) is 83.5 Å². The summed E-state index contributed by atoms with van der Waals surface area (Å²) < 4.78 is 16.9. The first-order chi connectivity index (χ1) is 14.1. The number of hydrogen-bond acceptors (Lipinski definition) is 4. The molecule has 3 atom stereocenters. The second kappa shape index (κ2) is 22.5. The average Bonchev–Trinajstić information content (AvgIpc) is 2.70. The average molecular weight is 417 g/mol. The summed E-state index contributed by atoms with van der Waals surface area (Å²) in [7, 11) is 0. The van der Waals surface area contributed by atoms with Crippen LogP contribution in [-0.4, -0.2) is 49.8 Å². The van der Waals surface area contributed by atoms with Gasteiger partial charge in [0.05, 0.1) is 38.1 Å². The number of rotatable bonds is 23. The molecule has 0 saturated carbocycles. The normalized spacial score (nSPS) is 14.8. The van der Waals surface area contributed by atoms with Crippen molar-refractivity contribution in [2.75, 3.05) is 26.4 Å². The first-order valence-electron chi connectivity index (χ1n) is 12.5. The second-order valence-electron chi connectivity index (χ2n) is 8.81. The van der Waals surface area contributed by atoms with Gasteiger partial charge in [-0.25, -0.2) is 0 Å². The predicted molar refractivity (Wildman–Crippen MR) is 124 cm³/mol. The summed E-state index contributed by atoms with van der Waals surface area (Å²) in [6.07, 6.45) is 19.0. The molecule has 0 amide bonds. The fourth-order valence-electron chi connectivity index (χ4n) is 3.35. The van der Waals surface area contributed by atoms with Crippen LogP contribution in [-0.2, 0) is 14.2 Å². The molecular formula is C25H52O4. The van der Waals surface area contributed by atoms with Gasteiger partial charge in [-0.2, -0.15) is 0 Å². The third-order valence-electron chi connectivity index (χ3n) is 5.23. The largest absolute Gasteiger partial charge is 0.391 e. The van der Waals surface area contributed by atoms with Crippen molar-refractivity contribution in [3.05, 3.63) is 0 Å². The number of aliphatic hydroxyl groups is 1. The number of aliphatic hydroxyl groups excluding tert-OH is 1. The Morgan fingerprint density at radius 2 is 0.966 bits per heavy atom. The van der Waals surface area contributed by atoms with Crippen molar-refractivity contribution in [3.63, 3.8) is 0 Å². The first kappa shape index (κ1) is 28.8. The van der Waals surface area contributed by atoms with Crippen LogP contribution in [0.2, 0.25) is 0 Å². The number of ether oxygens (including phenoxy) is 3. The lowest BCUT2D eigenvalue weighted by molar-refractivity contribution is -0.0701. The molecule has 0 aromatic rings. The van der Waals surface area contributed by atoms with Crippen LogP contribution >= 0.6 is 0 Å². The van der Waals surface area contributed by atoms with Crippen LogP contribution < -0.4 is 0 Å². The van der Waals surface area contributed by atoms with E-state index in [0.717, 1.165) is 13.0 Å². The van der Waals surface area contributed by atoms with Gasteiger partial charge in [-0.05, 0) is 27.2 Å². The minimum absolute atomic E-state index is 0.00200. The minimum atomic E-state index is -0.427. The van der Waals surface area contributed by atoms with Crippen molar-refractivity contribution < 1.29 is 19.3 Å². The fourth-order valence-corrected chi connectivity index (χ4v) is 3.35. The zero-order valence-electron chi connectivity index (χ0n) is 20.1. The molecule has 0 spiro atoms. The van der Waals surface area contributed by atoms with Gasteiger partial charge in [-0.15, -0.1) is 0 Å². The topological polar surface area (TPSA) is 47.9 Å². The van der Waals surface area contributed by atoms with Crippen LogP contribution in [0.3, 0.4) is 0 Å². The molecule has 0 fully saturated rings. The molecule has 176 valence electrons. The Morgan fingerprint density at radius 1 is 0.552 bits per heavy atom. The van der Waals surface area contributed by atoms with Gasteiger partial charge in [-0.3, -0.25) is 0 Å². The molecule has 0 aromatic heterocycles. The number of hydrogen-bond donors (Lipinski definition) is 1. The van der Waals surface area contributed by atoms with E-state index in [1.807, 2.05) is 13.8 Å². The van der Waals surface area contributed by atoms with E-state index in [1.54, 1.807) is 6.92 Å². The maximum Gasteiger partial charge on any atom is 0.0781 e. The van der Waals surface area contributed by atoms with Gasteiger partial charge in [0.25, 0.3) is 0 Å². The molecule has 0 radical (unpaired) electrons. The van der Waals surface area contributed by atoms with Crippen molar-refractivity contribution in [1.82, 2.24) is 0 Å². The minimum Gasteiger partial charge on any atom is -0.391 e. The van der Waals surface area contributed by atoms with E-state index in [0.29, 0.717) is 19.8 Å². The van der Waals surface area contributed by atoms with E-state index in [-0.39, 0.29) is 12.2 Å². The fraction of sp³-hybridized carbons (Fsp3) is 1.00. The van der Waals surface area contributed by atoms with Gasteiger partial charge in [0.2, 0.25) is 0 Å². The molecule has 1 N–H and O–H groups in total. The summed E-state index contributed by atoms with van der Waals surface area (Å²) in [4.78, 5) is 0. The van der Waals surface area contributed by atoms with E-state index in [9.17, 15) is 5.11 Å². The van der Waals surface area contributed by atoms with E-state index in [4.69, 9.17) is 14.2 Å². The molecule has 0 aliphatic heterocycles. The molecule has 0 aliphatic carbocycles. The van der Waals surface area contributed by atoms with Crippen LogP contribution in [0.5, 0.6) is 0 Å². The van der Waals surface area contributed by atoms with Crippen LogP contribution in [0.4, 0.5) is 0 Å². The lowest BCUT2D eigenvalue weighted by Gasteiger charge is -2.18. The highest BCUT2D eigenvalue weighted by atomic mass is 16.6. The monoisotopic (exact) mass is 416 g/mol. The summed E-state index contributed by atoms with van der Waals surface area (Å²) in [5.74, 6) is 0. The van der Waals surface area contributed by atoms with Crippen LogP contribution in [0.25, 0.3) is 0 Å². The highest BCUT2D eigenvalue weighted by Gasteiger charge is 2.08. The SMILES string of the molecule is CCCCCCCCCCCCCCCCOCC(C)OCC(C)OCC(C)O. The van der Waals surface area contributed by atoms with Crippen molar-refractivity contribution >= 4 is 0 Å². The summed E-state index contributed by atoms with van der Waals surface area (Å²) >= 11 is 0. The quantitative estimate of drug-likeness (QED) is 0.189. The standard InChI is InChI=1S/C25H52O4/c1-5-6-7-8-9-10-11-12-13-14-15-16-17-18-19-27-21-24(3)29-22-25(4)28-20-23(2)26/h23-26H,5-22H2,1-4H3. The summed E-state index contributed by atoms with van der Waals surface area (Å²) in [6, 6.07) is 0. The first-order valence-corrected chi connectivity index (χ1v) is 12.5. The molecule has 0 saturated heterocycles. The lowest BCUT2D eigenvalue weighted by atomic mass is 10.0. The Hall–Kier alpha value is -0.160. The molecule has 0 aromatic carbocycles. The molecule has 0 aliphatic rings. The van der Waals surface area contributed by atoms with E-state index >= 15 is 0 Å². The molecule has 3 unspecified atom stereocenters. The highest BCUT2D eigenvalue weighted by molar-refractivity contribution is 4.54. The number of unbranched alkanes of at least 4 members (excludes halogenated alkanes) is 13. The van der Waals surface area contributed by atoms with Crippen LogP contribution in [0, 0.1) is 0 Å². The van der Waals surface area contributed by atoms with Gasteiger partial charge in [0.1, 0.15) is 0 Å². The van der Waals surface area contributed by atoms with Crippen LogP contribution in [0.15, 0.2) is 0 Å². The van der Waals surface area contributed by atoms with E-state index in [2.05, 4.69) is 6.92 Å². The van der Waals surface area contributed by atoms with Crippen LogP contribution in [0.1, 0.15) is 118 Å². The molecule has 0 heterocycles. The Labute approximate surface area is 182 Å². The smallest absolute Gasteiger partial charge is 0.0781 e. The third-order valence-corrected chi connectivity index (χ3v) is 5.23. The Balaban J connectivity index is 3.21. The van der Waals surface area contributed by atoms with Gasteiger partial charge < -0.3 is 19.3 Å². The van der Waals surface area contributed by atoms with Crippen molar-refractivity contribution in [3.8, 4) is 0 Å². The van der Waals surface area contributed by atoms with Crippen molar-refractivity contribution in [2.24, 2.45) is 0 Å². The second-order valence-corrected chi connectivity index (χ2v) is 8.81. The molecule has 4 nitrogen and oxygen atoms in total. The Kier molecular flexibility index (Phi) is 22.4. The van der Waals surface area contributed by atoms with Gasteiger partial charge in [0.15, 0.2) is 0 Å². The summed E-state index contributed by atoms with van der Waals surface area (Å²) in [6.45, 7) is 10.4. The molecule has 29 heavy (non-hydrogen) atoms. The highest BCUT2D eigenvalue weighted by Crippen LogP contribution is 2.13.